The summed E-state index contributed by atoms with van der Waals surface area (Å²) in [5.41, 5.74) is 7.45. The molecular weight excluding hydrogens is 186 g/mol. The molecule has 1 aromatic rings. The van der Waals surface area contributed by atoms with Crippen LogP contribution >= 0.6 is 0 Å². The molecule has 0 aromatic heterocycles. The van der Waals surface area contributed by atoms with Crippen molar-refractivity contribution in [1.82, 2.24) is 0 Å². The van der Waals surface area contributed by atoms with Crippen molar-refractivity contribution in [1.29, 1.82) is 0 Å². The van der Waals surface area contributed by atoms with Gasteiger partial charge in [0.1, 0.15) is 5.75 Å². The summed E-state index contributed by atoms with van der Waals surface area (Å²) in [6.45, 7) is 6.44. The summed E-state index contributed by atoms with van der Waals surface area (Å²) in [7, 11) is 0. The molecule has 0 unspecified atom stereocenters. The third-order valence-electron chi connectivity index (χ3n) is 1.89. The standard InChI is InChI=1S/C13H17NO/c1-10(2)15-13-7-6-12(5-4-8-14)11(3)9-13/h6-7,9-10H,8,14H2,1-3H3. The first-order valence-electron chi connectivity index (χ1n) is 5.09. The number of hydrogen-bond donors (Lipinski definition) is 1. The van der Waals surface area contributed by atoms with Gasteiger partial charge in [-0.2, -0.15) is 0 Å². The van der Waals surface area contributed by atoms with Crippen molar-refractivity contribution < 1.29 is 4.74 Å². The van der Waals surface area contributed by atoms with Crippen LogP contribution in [0, 0.1) is 18.8 Å². The lowest BCUT2D eigenvalue weighted by molar-refractivity contribution is 0.242. The smallest absolute Gasteiger partial charge is 0.120 e. The molecule has 0 aliphatic rings. The van der Waals surface area contributed by atoms with Crippen LogP contribution in [0.3, 0.4) is 0 Å². The Bertz CT molecular complexity index is 385. The minimum atomic E-state index is 0.199. The van der Waals surface area contributed by atoms with Crippen molar-refractivity contribution >= 4 is 0 Å². The van der Waals surface area contributed by atoms with Gasteiger partial charge in [-0.15, -0.1) is 0 Å². The predicted octanol–water partition coefficient (Wildman–Crippen LogP) is 2.09. The second kappa shape index (κ2) is 5.43. The highest BCUT2D eigenvalue weighted by molar-refractivity contribution is 5.44. The van der Waals surface area contributed by atoms with Crippen molar-refractivity contribution in [2.45, 2.75) is 26.9 Å². The average Bonchev–Trinajstić information content (AvgIpc) is 2.15. The molecular formula is C13H17NO. The van der Waals surface area contributed by atoms with Gasteiger partial charge in [0.05, 0.1) is 12.6 Å². The largest absolute Gasteiger partial charge is 0.491 e. The molecule has 0 aliphatic heterocycles. The fourth-order valence-electron chi connectivity index (χ4n) is 1.27. The fourth-order valence-corrected chi connectivity index (χ4v) is 1.27. The number of nitrogens with two attached hydrogens (primary N) is 1. The molecule has 0 fully saturated rings. The van der Waals surface area contributed by atoms with E-state index < -0.39 is 0 Å². The fraction of sp³-hybridized carbons (Fsp3) is 0.385. The molecule has 0 radical (unpaired) electrons. The Morgan fingerprint density at radius 3 is 2.67 bits per heavy atom. The van der Waals surface area contributed by atoms with E-state index in [-0.39, 0.29) is 6.10 Å². The molecule has 2 nitrogen and oxygen atoms in total. The lowest BCUT2D eigenvalue weighted by atomic mass is 10.1. The van der Waals surface area contributed by atoms with Gasteiger partial charge in [-0.25, -0.2) is 0 Å². The highest BCUT2D eigenvalue weighted by Gasteiger charge is 2.00. The van der Waals surface area contributed by atoms with Gasteiger partial charge in [0.25, 0.3) is 0 Å². The second-order valence-corrected chi connectivity index (χ2v) is 3.65. The Hall–Kier alpha value is -1.46. The van der Waals surface area contributed by atoms with Crippen molar-refractivity contribution in [3.05, 3.63) is 29.3 Å². The lowest BCUT2D eigenvalue weighted by Gasteiger charge is -2.10. The number of ether oxygens (including phenoxy) is 1. The highest BCUT2D eigenvalue weighted by Crippen LogP contribution is 2.17. The third kappa shape index (κ3) is 3.65. The molecule has 0 amide bonds. The van der Waals surface area contributed by atoms with Crippen molar-refractivity contribution in [3.63, 3.8) is 0 Å². The van der Waals surface area contributed by atoms with Crippen LogP contribution in [0.2, 0.25) is 0 Å². The summed E-state index contributed by atoms with van der Waals surface area (Å²) in [6, 6.07) is 5.91. The number of rotatable bonds is 2. The van der Waals surface area contributed by atoms with E-state index in [1.165, 1.54) is 0 Å². The summed E-state index contributed by atoms with van der Waals surface area (Å²) in [5.74, 6) is 6.75. The van der Waals surface area contributed by atoms with Crippen molar-refractivity contribution in [2.24, 2.45) is 5.73 Å². The number of aryl methyl sites for hydroxylation is 1. The lowest BCUT2D eigenvalue weighted by Crippen LogP contribution is -2.05. The zero-order valence-electron chi connectivity index (χ0n) is 9.50. The highest BCUT2D eigenvalue weighted by atomic mass is 16.5. The summed E-state index contributed by atoms with van der Waals surface area (Å²) < 4.78 is 5.58. The molecule has 0 bridgehead atoms. The Kier molecular flexibility index (Phi) is 4.20. The van der Waals surface area contributed by atoms with Crippen LogP contribution in [-0.4, -0.2) is 12.6 Å². The summed E-state index contributed by atoms with van der Waals surface area (Å²) in [5, 5.41) is 0. The normalized spacial score (nSPS) is 9.67. The molecule has 2 heteroatoms. The molecule has 0 aliphatic carbocycles. The molecule has 0 saturated heterocycles. The second-order valence-electron chi connectivity index (χ2n) is 3.65. The number of hydrogen-bond acceptors (Lipinski definition) is 2. The maximum atomic E-state index is 5.58. The van der Waals surface area contributed by atoms with E-state index in [4.69, 9.17) is 10.5 Å². The van der Waals surface area contributed by atoms with Gasteiger partial charge >= 0.3 is 0 Å². The molecule has 80 valence electrons. The number of benzene rings is 1. The van der Waals surface area contributed by atoms with Gasteiger partial charge < -0.3 is 10.5 Å². The van der Waals surface area contributed by atoms with Crippen molar-refractivity contribution in [3.8, 4) is 17.6 Å². The third-order valence-corrected chi connectivity index (χ3v) is 1.89. The van der Waals surface area contributed by atoms with E-state index in [1.54, 1.807) is 0 Å². The first-order chi connectivity index (χ1) is 7.13. The monoisotopic (exact) mass is 203 g/mol. The van der Waals surface area contributed by atoms with Crippen LogP contribution in [-0.2, 0) is 0 Å². The van der Waals surface area contributed by atoms with Crippen LogP contribution in [0.1, 0.15) is 25.0 Å². The molecule has 0 spiro atoms. The maximum absolute atomic E-state index is 5.58. The molecule has 1 rings (SSSR count). The molecule has 0 saturated carbocycles. The SMILES string of the molecule is Cc1cc(OC(C)C)ccc1C#CCN. The Balaban J connectivity index is 2.88. The minimum absolute atomic E-state index is 0.199. The van der Waals surface area contributed by atoms with Gasteiger partial charge in [-0.3, -0.25) is 0 Å². The molecule has 1 aromatic carbocycles. The van der Waals surface area contributed by atoms with E-state index in [0.717, 1.165) is 16.9 Å². The van der Waals surface area contributed by atoms with E-state index in [0.29, 0.717) is 6.54 Å². The Morgan fingerprint density at radius 2 is 2.13 bits per heavy atom. The van der Waals surface area contributed by atoms with Crippen LogP contribution < -0.4 is 10.5 Å². The predicted molar refractivity (Wildman–Crippen MR) is 62.9 cm³/mol. The van der Waals surface area contributed by atoms with Crippen LogP contribution in [0.5, 0.6) is 5.75 Å². The molecule has 15 heavy (non-hydrogen) atoms. The van der Waals surface area contributed by atoms with Crippen molar-refractivity contribution in [2.75, 3.05) is 6.54 Å². The van der Waals surface area contributed by atoms with E-state index in [2.05, 4.69) is 11.8 Å². The topological polar surface area (TPSA) is 35.2 Å². The average molecular weight is 203 g/mol. The van der Waals surface area contributed by atoms with Gasteiger partial charge in [0, 0.05) is 5.56 Å². The molecule has 2 N–H and O–H groups in total. The quantitative estimate of drug-likeness (QED) is 0.747. The molecule has 0 atom stereocenters. The van der Waals surface area contributed by atoms with Crippen LogP contribution in [0.4, 0.5) is 0 Å². The van der Waals surface area contributed by atoms with Gasteiger partial charge in [-0.1, -0.05) is 11.8 Å². The minimum Gasteiger partial charge on any atom is -0.491 e. The first-order valence-corrected chi connectivity index (χ1v) is 5.09. The van der Waals surface area contributed by atoms with E-state index in [9.17, 15) is 0 Å². The summed E-state index contributed by atoms with van der Waals surface area (Å²) in [4.78, 5) is 0. The Morgan fingerprint density at radius 1 is 1.40 bits per heavy atom. The first kappa shape index (κ1) is 11.6. The van der Waals surface area contributed by atoms with Gasteiger partial charge in [0.2, 0.25) is 0 Å². The van der Waals surface area contributed by atoms with E-state index in [1.807, 2.05) is 39.0 Å². The zero-order valence-corrected chi connectivity index (χ0v) is 9.50. The Labute approximate surface area is 91.4 Å². The summed E-state index contributed by atoms with van der Waals surface area (Å²) in [6.07, 6.45) is 0.199. The molecule has 0 heterocycles. The summed E-state index contributed by atoms with van der Waals surface area (Å²) >= 11 is 0. The zero-order chi connectivity index (χ0) is 11.3. The van der Waals surface area contributed by atoms with Gasteiger partial charge in [-0.05, 0) is 44.5 Å². The van der Waals surface area contributed by atoms with Gasteiger partial charge in [0.15, 0.2) is 0 Å². The van der Waals surface area contributed by atoms with Crippen LogP contribution in [0.25, 0.3) is 0 Å². The van der Waals surface area contributed by atoms with Crippen LogP contribution in [0.15, 0.2) is 18.2 Å². The van der Waals surface area contributed by atoms with E-state index >= 15 is 0 Å². The maximum Gasteiger partial charge on any atom is 0.120 e.